The molecule has 720 valence electrons. The third kappa shape index (κ3) is 14.1. The van der Waals surface area contributed by atoms with Crippen LogP contribution < -0.4 is 52.4 Å². The molecule has 0 N–H and O–H groups in total. The molecule has 6 heteroatoms. The Hall–Kier alpha value is -15.5. The van der Waals surface area contributed by atoms with Gasteiger partial charge in [-0.25, -0.2) is 0 Å². The first-order valence-corrected chi connectivity index (χ1v) is 53.5. The second kappa shape index (κ2) is 33.0. The maximum atomic E-state index is 2.84. The fraction of sp³-hybridized carbons (Fsp3) is 0.197. The summed E-state index contributed by atoms with van der Waals surface area (Å²) in [4.78, 5) is 11.2. The van der Waals surface area contributed by atoms with E-state index in [4.69, 9.17) is 0 Å². The van der Waals surface area contributed by atoms with Crippen LogP contribution in [0, 0.1) is 0 Å². The van der Waals surface area contributed by atoms with Gasteiger partial charge in [-0.3, -0.25) is 0 Å². The first-order valence-electron chi connectivity index (χ1n) is 53.5. The van der Waals surface area contributed by atoms with E-state index in [-0.39, 0.29) is 45.9 Å². The van der Waals surface area contributed by atoms with Crippen molar-refractivity contribution in [2.45, 2.75) is 182 Å². The summed E-state index contributed by atoms with van der Waals surface area (Å²) >= 11 is 0. The summed E-state index contributed by atoms with van der Waals surface area (Å²) in [7, 11) is 0. The number of nitrogens with zero attached hydrogens (tertiary/aromatic N) is 4. The third-order valence-corrected chi connectivity index (χ3v) is 33.8. The van der Waals surface area contributed by atoms with Gasteiger partial charge < -0.3 is 19.6 Å². The molecule has 0 saturated carbocycles. The lowest BCUT2D eigenvalue weighted by Gasteiger charge is -2.49. The van der Waals surface area contributed by atoms with E-state index in [0.717, 1.165) is 107 Å². The number of anilines is 12. The summed E-state index contributed by atoms with van der Waals surface area (Å²) < 4.78 is 0. The predicted molar refractivity (Wildman–Crippen MR) is 633 cm³/mol. The van der Waals surface area contributed by atoms with Crippen LogP contribution in [0.2, 0.25) is 0 Å². The first kappa shape index (κ1) is 92.4. The molecule has 0 fully saturated rings. The molecule has 4 nitrogen and oxygen atoms in total. The van der Waals surface area contributed by atoms with Gasteiger partial charge in [0.05, 0.1) is 22.5 Å². The summed E-state index contributed by atoms with van der Waals surface area (Å²) in [5, 5.41) is 0. The Balaban J connectivity index is 0.868. The van der Waals surface area contributed by atoms with Gasteiger partial charge in [0.15, 0.2) is 0 Å². The fourth-order valence-electron chi connectivity index (χ4n) is 26.2. The second-order valence-electron chi connectivity index (χ2n) is 49.5. The molecule has 0 radical (unpaired) electrons. The number of para-hydroxylation sites is 2. The van der Waals surface area contributed by atoms with Crippen LogP contribution in [0.15, 0.2) is 400 Å². The smallest absolute Gasteiger partial charge is 0.252 e. The number of benzene rings is 19. The highest BCUT2D eigenvalue weighted by atomic mass is 15.2. The topological polar surface area (TPSA) is 13.0 Å². The lowest BCUT2D eigenvalue weighted by Crippen LogP contribution is -2.65. The first-order chi connectivity index (χ1) is 71.0. The largest absolute Gasteiger partial charge is 0.311 e. The molecule has 148 heavy (non-hydrogen) atoms. The average Bonchev–Trinajstić information content (AvgIpc) is 1.50. The molecular weight excluding hydrogens is 1780 g/mol. The molecule has 0 atom stereocenters. The summed E-state index contributed by atoms with van der Waals surface area (Å²) in [6, 6.07) is 159. The van der Waals surface area contributed by atoms with Gasteiger partial charge >= 0.3 is 0 Å². The SMILES string of the molecule is CC(C)(C)c1cc(-c2cc3c4c(c2)N(c2c(-c5ccccc5)cc(C(C)(C)C)cc2-c2ccccc2)c2ccccc2B4c2cc4c5cc2N3c2cc(c(C(C)(C)C)cc2-c2ccccc2)C(C)(C)c2cc(cc(C(C)(C)C)c2)N5c2cc(-c3cccc5c3C3(c6ccccc6-c6ccccc63)c3ccccc3-5)cc3c2B4c2ccccc2N3c2c(-c3ccccc3)cc(C(C)(C)C)cc2-c2ccccc2)cc(C(C)(C)C)c1. The van der Waals surface area contributed by atoms with Crippen molar-refractivity contribution in [3.05, 3.63) is 467 Å². The van der Waals surface area contributed by atoms with Crippen molar-refractivity contribution >= 4 is 114 Å². The van der Waals surface area contributed by atoms with E-state index >= 15 is 0 Å². The fourth-order valence-corrected chi connectivity index (χ4v) is 26.2. The van der Waals surface area contributed by atoms with Gasteiger partial charge in [0.25, 0.3) is 13.4 Å². The van der Waals surface area contributed by atoms with Crippen LogP contribution >= 0.6 is 0 Å². The molecule has 19 aromatic carbocycles. The van der Waals surface area contributed by atoms with Crippen molar-refractivity contribution < 1.29 is 0 Å². The van der Waals surface area contributed by atoms with Crippen molar-refractivity contribution in [3.8, 4) is 100 Å². The van der Waals surface area contributed by atoms with Gasteiger partial charge in [0, 0.05) is 84.4 Å². The molecule has 19 aromatic rings. The molecule has 0 saturated heterocycles. The average molecular weight is 1910 g/mol. The zero-order valence-corrected chi connectivity index (χ0v) is 89.0. The predicted octanol–water partition coefficient (Wildman–Crippen LogP) is 34.3. The van der Waals surface area contributed by atoms with Gasteiger partial charge in [-0.2, -0.15) is 0 Å². The summed E-state index contributed by atoms with van der Waals surface area (Å²) in [5.74, 6) is 0. The maximum Gasteiger partial charge on any atom is 0.252 e. The maximum absolute atomic E-state index is 2.84. The van der Waals surface area contributed by atoms with E-state index in [0.29, 0.717) is 0 Å². The molecule has 5 heterocycles. The molecule has 0 aromatic heterocycles. The van der Waals surface area contributed by atoms with Crippen LogP contribution in [-0.4, -0.2) is 13.4 Å². The van der Waals surface area contributed by atoms with Crippen molar-refractivity contribution in [1.29, 1.82) is 0 Å². The van der Waals surface area contributed by atoms with Gasteiger partial charge in [0.1, 0.15) is 0 Å². The Morgan fingerprint density at radius 1 is 0.196 bits per heavy atom. The lowest BCUT2D eigenvalue weighted by atomic mass is 9.30. The highest BCUT2D eigenvalue weighted by Gasteiger charge is 2.56. The van der Waals surface area contributed by atoms with Crippen LogP contribution in [0.5, 0.6) is 0 Å². The molecular formula is C142H126B2N4. The van der Waals surface area contributed by atoms with Gasteiger partial charge in [-0.15, -0.1) is 0 Å². The van der Waals surface area contributed by atoms with Crippen molar-refractivity contribution in [1.82, 2.24) is 0 Å². The Labute approximate surface area is 876 Å². The summed E-state index contributed by atoms with van der Waals surface area (Å²) in [5.41, 5.74) is 54.9. The molecule has 5 aliphatic heterocycles. The zero-order valence-electron chi connectivity index (χ0n) is 89.0. The standard InChI is InChI=1S/C142H126B2N4/c1-135(2,3)95-69-92(70-96(75-95)136(4,5)6)93-71-127-132-128(72-93)147(133-108(88-49-28-22-29-50-88)79-98(138(10,11)12)80-109(133)89-51-30-23-31-52-89)121-67-44-43-66-118(121)144(132)120-85-119-124-86-125(120)146(127)123-84-116(115(140(16,17)18)83-107(123)87-47-26-21-27-48-87)141(19,20)100-76-97(137(7,8)9)77-101(78-100)145(124)126-73-94(102-60-46-61-106-105-59-38-41-64-114(105)142(130(102)106)112-62-39-36-57-103(112)104-58-37-40-63-113(104)142)74-129-131(126)143(119)117-65-42-45-68-122(117)148(129)134-110(90-53-32-24-33-54-90)81-99(139(13,14)15)82-111(134)91-55-34-25-35-56-91/h21-86H,1-20H3. The minimum atomic E-state index is -0.702. The normalized spacial score (nSPS) is 14.5. The minimum Gasteiger partial charge on any atom is -0.311 e. The van der Waals surface area contributed by atoms with Crippen LogP contribution in [0.3, 0.4) is 0 Å². The molecule has 0 amide bonds. The molecule has 7 aliphatic rings. The summed E-state index contributed by atoms with van der Waals surface area (Å²) in [6.45, 7) is 47.7. The molecule has 2 aliphatic carbocycles. The zero-order chi connectivity index (χ0) is 102. The molecule has 0 unspecified atom stereocenters. The molecule has 26 rings (SSSR count). The van der Waals surface area contributed by atoms with E-state index < -0.39 is 10.8 Å². The Morgan fingerprint density at radius 3 is 0.959 bits per heavy atom. The Morgan fingerprint density at radius 2 is 0.534 bits per heavy atom. The van der Waals surface area contributed by atoms with E-state index in [1.165, 1.54) is 161 Å². The number of hydrogen-bond donors (Lipinski definition) is 0. The molecule has 1 spiro atoms. The van der Waals surface area contributed by atoms with Crippen LogP contribution in [0.25, 0.3) is 100 Å². The van der Waals surface area contributed by atoms with Crippen LogP contribution in [0.4, 0.5) is 68.2 Å². The van der Waals surface area contributed by atoms with Crippen molar-refractivity contribution in [2.75, 3.05) is 19.6 Å². The van der Waals surface area contributed by atoms with Crippen LogP contribution in [-0.2, 0) is 43.3 Å². The van der Waals surface area contributed by atoms with E-state index in [9.17, 15) is 0 Å². The number of hydrogen-bond acceptors (Lipinski definition) is 4. The van der Waals surface area contributed by atoms with Gasteiger partial charge in [-0.05, 0) is 295 Å². The van der Waals surface area contributed by atoms with E-state index in [1.807, 2.05) is 0 Å². The number of fused-ring (bicyclic) bond motifs is 24. The van der Waals surface area contributed by atoms with Gasteiger partial charge in [0.2, 0.25) is 0 Å². The third-order valence-electron chi connectivity index (χ3n) is 33.8. The lowest BCUT2D eigenvalue weighted by molar-refractivity contribution is 0.546. The minimum absolute atomic E-state index is 0.206. The van der Waals surface area contributed by atoms with Crippen LogP contribution in [0.1, 0.15) is 205 Å². The summed E-state index contributed by atoms with van der Waals surface area (Å²) in [6.07, 6.45) is 0. The van der Waals surface area contributed by atoms with E-state index in [1.54, 1.807) is 0 Å². The second-order valence-corrected chi connectivity index (χ2v) is 49.5. The Bertz CT molecular complexity index is 8530. The highest BCUT2D eigenvalue weighted by Crippen LogP contribution is 2.67. The Kier molecular flexibility index (Phi) is 20.6. The van der Waals surface area contributed by atoms with Crippen molar-refractivity contribution in [3.63, 3.8) is 0 Å². The van der Waals surface area contributed by atoms with Gasteiger partial charge in [-0.1, -0.05) is 448 Å². The number of rotatable bonds is 9. The van der Waals surface area contributed by atoms with Crippen molar-refractivity contribution in [2.24, 2.45) is 0 Å². The quantitative estimate of drug-likeness (QED) is 0.134. The molecule has 6 bridgehead atoms. The monoisotopic (exact) mass is 1910 g/mol. The highest BCUT2D eigenvalue weighted by molar-refractivity contribution is 7.03. The van der Waals surface area contributed by atoms with E-state index in [2.05, 4.69) is 558 Å².